The van der Waals surface area contributed by atoms with Gasteiger partial charge in [-0.05, 0) is 63.0 Å². The summed E-state index contributed by atoms with van der Waals surface area (Å²) in [6.45, 7) is 1.32. The van der Waals surface area contributed by atoms with Gasteiger partial charge in [0.15, 0.2) is 0 Å². The second kappa shape index (κ2) is 11.3. The van der Waals surface area contributed by atoms with E-state index < -0.39 is 11.6 Å². The molecule has 4 rings (SSSR count). The van der Waals surface area contributed by atoms with Crippen LogP contribution in [0.25, 0.3) is 22.3 Å². The van der Waals surface area contributed by atoms with Gasteiger partial charge in [0.25, 0.3) is 12.0 Å². The SMILES string of the molecule is CN(C)CCCn1c(=O)[nH]c2ccc(Cn3nc(-c4cc(F)cc(F)c4)ccc3=O)cc21.O=CO. The number of H-pyrrole nitrogens is 1. The molecule has 0 aliphatic carbocycles. The molecule has 0 bridgehead atoms. The fourth-order valence-electron chi connectivity index (χ4n) is 3.65. The van der Waals surface area contributed by atoms with E-state index in [1.165, 1.54) is 28.9 Å². The fourth-order valence-corrected chi connectivity index (χ4v) is 3.65. The van der Waals surface area contributed by atoms with E-state index in [4.69, 9.17) is 9.90 Å². The number of hydrogen-bond donors (Lipinski definition) is 2. The molecule has 0 fully saturated rings. The second-order valence-corrected chi connectivity index (χ2v) is 8.07. The van der Waals surface area contributed by atoms with Gasteiger partial charge >= 0.3 is 5.69 Å². The molecule has 11 heteroatoms. The molecule has 35 heavy (non-hydrogen) atoms. The molecule has 0 aliphatic rings. The van der Waals surface area contributed by atoms with Crippen LogP contribution in [0, 0.1) is 11.6 Å². The molecule has 0 aliphatic heterocycles. The molecule has 0 saturated heterocycles. The number of rotatable bonds is 7. The molecule has 0 atom stereocenters. The van der Waals surface area contributed by atoms with Crippen LogP contribution in [0.3, 0.4) is 0 Å². The molecule has 9 nitrogen and oxygen atoms in total. The van der Waals surface area contributed by atoms with Crippen LogP contribution in [0.5, 0.6) is 0 Å². The highest BCUT2D eigenvalue weighted by molar-refractivity contribution is 5.76. The summed E-state index contributed by atoms with van der Waals surface area (Å²) < 4.78 is 30.1. The Morgan fingerprint density at radius 3 is 2.40 bits per heavy atom. The molecule has 2 aromatic heterocycles. The van der Waals surface area contributed by atoms with Crippen molar-refractivity contribution in [1.29, 1.82) is 0 Å². The van der Waals surface area contributed by atoms with Gasteiger partial charge in [-0.3, -0.25) is 14.2 Å². The molecule has 2 N–H and O–H groups in total. The summed E-state index contributed by atoms with van der Waals surface area (Å²) in [6.07, 6.45) is 0.817. The van der Waals surface area contributed by atoms with Crippen LogP contribution in [-0.2, 0) is 17.9 Å². The molecule has 4 aromatic rings. The summed E-state index contributed by atoms with van der Waals surface area (Å²) in [5, 5.41) is 11.2. The average Bonchev–Trinajstić information content (AvgIpc) is 3.09. The first-order valence-electron chi connectivity index (χ1n) is 10.7. The van der Waals surface area contributed by atoms with E-state index in [9.17, 15) is 18.4 Å². The largest absolute Gasteiger partial charge is 0.483 e. The van der Waals surface area contributed by atoms with Crippen LogP contribution in [0.2, 0.25) is 0 Å². The number of nitrogens with zero attached hydrogens (tertiary/aromatic N) is 4. The number of fused-ring (bicyclic) bond motifs is 1. The molecule has 0 radical (unpaired) electrons. The van der Waals surface area contributed by atoms with E-state index in [-0.39, 0.29) is 35.5 Å². The standard InChI is InChI=1S/C23H23F2N5O2.CH2O2/c1-28(2)8-3-9-29-21-10-15(4-5-20(21)26-23(29)32)14-30-22(31)7-6-19(27-30)16-11-17(24)13-18(25)12-16;2-1-3/h4-7,10-13H,3,8-9,14H2,1-2H3,(H,26,32);1H,(H,2,3). The predicted molar refractivity (Wildman–Crippen MR) is 127 cm³/mol. The summed E-state index contributed by atoms with van der Waals surface area (Å²) in [4.78, 5) is 38.0. The van der Waals surface area contributed by atoms with Crippen LogP contribution in [0.15, 0.2) is 58.1 Å². The molecular weight excluding hydrogens is 460 g/mol. The molecule has 2 heterocycles. The summed E-state index contributed by atoms with van der Waals surface area (Å²) in [5.74, 6) is -1.44. The highest BCUT2D eigenvalue weighted by atomic mass is 19.1. The zero-order chi connectivity index (χ0) is 25.5. The zero-order valence-corrected chi connectivity index (χ0v) is 19.2. The van der Waals surface area contributed by atoms with Gasteiger partial charge in [-0.1, -0.05) is 6.07 Å². The predicted octanol–water partition coefficient (Wildman–Crippen LogP) is 2.53. The summed E-state index contributed by atoms with van der Waals surface area (Å²) in [5.41, 5.74) is 2.24. The van der Waals surface area contributed by atoms with Crippen molar-refractivity contribution < 1.29 is 18.7 Å². The Morgan fingerprint density at radius 2 is 1.74 bits per heavy atom. The first-order chi connectivity index (χ1) is 16.7. The van der Waals surface area contributed by atoms with E-state index in [2.05, 4.69) is 15.0 Å². The number of hydrogen-bond acceptors (Lipinski definition) is 5. The van der Waals surface area contributed by atoms with Crippen molar-refractivity contribution in [3.05, 3.63) is 86.6 Å². The molecule has 2 aromatic carbocycles. The number of nitrogens with one attached hydrogen (secondary N) is 1. The molecule has 0 spiro atoms. The van der Waals surface area contributed by atoms with Crippen LogP contribution >= 0.6 is 0 Å². The van der Waals surface area contributed by atoms with E-state index >= 15 is 0 Å². The van der Waals surface area contributed by atoms with Crippen molar-refractivity contribution >= 4 is 17.5 Å². The Bertz CT molecular complexity index is 1420. The third-order valence-corrected chi connectivity index (χ3v) is 5.18. The van der Waals surface area contributed by atoms with Crippen molar-refractivity contribution in [2.45, 2.75) is 19.5 Å². The lowest BCUT2D eigenvalue weighted by molar-refractivity contribution is -0.122. The van der Waals surface area contributed by atoms with E-state index in [0.717, 1.165) is 30.1 Å². The Morgan fingerprint density at radius 1 is 1.06 bits per heavy atom. The van der Waals surface area contributed by atoms with Crippen LogP contribution in [0.1, 0.15) is 12.0 Å². The maximum Gasteiger partial charge on any atom is 0.326 e. The summed E-state index contributed by atoms with van der Waals surface area (Å²) in [6, 6.07) is 11.3. The second-order valence-electron chi connectivity index (χ2n) is 8.07. The highest BCUT2D eigenvalue weighted by Crippen LogP contribution is 2.19. The minimum atomic E-state index is -0.718. The third-order valence-electron chi connectivity index (χ3n) is 5.18. The van der Waals surface area contributed by atoms with Gasteiger partial charge in [0.05, 0.1) is 23.3 Å². The van der Waals surface area contributed by atoms with Crippen LogP contribution in [-0.4, -0.2) is 56.5 Å². The first-order valence-corrected chi connectivity index (χ1v) is 10.7. The number of benzene rings is 2. The smallest absolute Gasteiger partial charge is 0.326 e. The minimum absolute atomic E-state index is 0.150. The minimum Gasteiger partial charge on any atom is -0.483 e. The summed E-state index contributed by atoms with van der Waals surface area (Å²) in [7, 11) is 3.96. The maximum absolute atomic E-state index is 13.6. The van der Waals surface area contributed by atoms with Crippen LogP contribution in [0.4, 0.5) is 8.78 Å². The number of aryl methyl sites for hydroxylation is 1. The van der Waals surface area contributed by atoms with E-state index in [0.29, 0.717) is 12.1 Å². The lowest BCUT2D eigenvalue weighted by atomic mass is 10.1. The molecule has 0 unspecified atom stereocenters. The lowest BCUT2D eigenvalue weighted by Crippen LogP contribution is -2.23. The van der Waals surface area contributed by atoms with Gasteiger partial charge in [-0.25, -0.2) is 18.3 Å². The number of imidazole rings is 1. The van der Waals surface area contributed by atoms with Gasteiger partial charge < -0.3 is 15.0 Å². The van der Waals surface area contributed by atoms with Gasteiger partial charge in [0.2, 0.25) is 0 Å². The Balaban J connectivity index is 0.00000108. The van der Waals surface area contributed by atoms with Crippen molar-refractivity contribution in [2.24, 2.45) is 0 Å². The number of halogens is 2. The van der Waals surface area contributed by atoms with Crippen LogP contribution < -0.4 is 11.2 Å². The fraction of sp³-hybridized carbons (Fsp3) is 0.250. The monoisotopic (exact) mass is 485 g/mol. The normalized spacial score (nSPS) is 10.9. The van der Waals surface area contributed by atoms with Crippen molar-refractivity contribution in [3.8, 4) is 11.3 Å². The lowest BCUT2D eigenvalue weighted by Gasteiger charge is -2.10. The van der Waals surface area contributed by atoms with Crippen molar-refractivity contribution in [3.63, 3.8) is 0 Å². The Kier molecular flexibility index (Phi) is 8.26. The Hall–Kier alpha value is -4.12. The maximum atomic E-state index is 13.6. The van der Waals surface area contributed by atoms with Gasteiger partial charge in [0.1, 0.15) is 11.6 Å². The molecule has 184 valence electrons. The van der Waals surface area contributed by atoms with Crippen molar-refractivity contribution in [1.82, 2.24) is 24.2 Å². The third kappa shape index (κ3) is 6.48. The Labute approximate surface area is 198 Å². The molecular formula is C24H25F2N5O4. The van der Waals surface area contributed by atoms with Gasteiger partial charge in [-0.15, -0.1) is 0 Å². The zero-order valence-electron chi connectivity index (χ0n) is 19.2. The number of carboxylic acid groups (broad SMARTS) is 1. The first kappa shape index (κ1) is 25.5. The average molecular weight is 485 g/mol. The number of carbonyl (C=O) groups is 1. The van der Waals surface area contributed by atoms with E-state index in [1.807, 2.05) is 26.2 Å². The molecule has 0 amide bonds. The van der Waals surface area contributed by atoms with E-state index in [1.54, 1.807) is 10.6 Å². The summed E-state index contributed by atoms with van der Waals surface area (Å²) >= 11 is 0. The van der Waals surface area contributed by atoms with Crippen molar-refractivity contribution in [2.75, 3.05) is 20.6 Å². The van der Waals surface area contributed by atoms with Gasteiger partial charge in [0, 0.05) is 24.2 Å². The molecule has 0 saturated carbocycles. The number of aromatic nitrogens is 4. The quantitative estimate of drug-likeness (QED) is 0.389. The highest BCUT2D eigenvalue weighted by Gasteiger charge is 2.11. The topological polar surface area (TPSA) is 113 Å². The number of aromatic amines is 1. The van der Waals surface area contributed by atoms with Gasteiger partial charge in [-0.2, -0.15) is 5.10 Å².